The molecular formula is C26H22FN7S. The molecule has 0 fully saturated rings. The van der Waals surface area contributed by atoms with E-state index < -0.39 is 0 Å². The largest absolute Gasteiger partial charge is 0.335 e. The van der Waals surface area contributed by atoms with Crippen molar-refractivity contribution in [3.63, 3.8) is 0 Å². The molecule has 1 aromatic carbocycles. The van der Waals surface area contributed by atoms with Gasteiger partial charge in [0.25, 0.3) is 0 Å². The third-order valence-corrected chi connectivity index (χ3v) is 7.01. The van der Waals surface area contributed by atoms with Crippen molar-refractivity contribution in [1.29, 1.82) is 0 Å². The molecule has 0 radical (unpaired) electrons. The molecule has 0 saturated carbocycles. The van der Waals surface area contributed by atoms with Crippen molar-refractivity contribution in [2.45, 2.75) is 20.4 Å². The quantitative estimate of drug-likeness (QED) is 0.276. The normalized spacial score (nSPS) is 11.6. The summed E-state index contributed by atoms with van der Waals surface area (Å²) in [5.41, 5.74) is 5.58. The van der Waals surface area contributed by atoms with E-state index in [4.69, 9.17) is 0 Å². The van der Waals surface area contributed by atoms with Crippen LogP contribution >= 0.6 is 11.3 Å². The number of hydrogen-bond acceptors (Lipinski definition) is 6. The second-order valence-corrected chi connectivity index (χ2v) is 9.62. The van der Waals surface area contributed by atoms with Crippen molar-refractivity contribution in [2.75, 3.05) is 6.54 Å². The maximum atomic E-state index is 16.0. The molecule has 0 amide bonds. The second kappa shape index (κ2) is 8.68. The molecule has 0 aliphatic heterocycles. The number of nitrogens with one attached hydrogen (secondary N) is 3. The molecule has 0 unspecified atom stereocenters. The zero-order valence-corrected chi connectivity index (χ0v) is 20.0. The molecule has 0 aliphatic rings. The maximum absolute atomic E-state index is 16.0. The Morgan fingerprint density at radius 2 is 2.00 bits per heavy atom. The first kappa shape index (κ1) is 21.6. The van der Waals surface area contributed by atoms with E-state index in [2.05, 4.69) is 54.5 Å². The first-order chi connectivity index (χ1) is 17.1. The Balaban J connectivity index is 1.48. The number of halogens is 1. The molecule has 3 N–H and O–H groups in total. The van der Waals surface area contributed by atoms with Crippen molar-refractivity contribution in [1.82, 2.24) is 35.5 Å². The summed E-state index contributed by atoms with van der Waals surface area (Å²) in [5, 5.41) is 11.0. The summed E-state index contributed by atoms with van der Waals surface area (Å²) >= 11 is 1.71. The van der Waals surface area contributed by atoms with E-state index in [0.717, 1.165) is 28.1 Å². The smallest absolute Gasteiger partial charge is 0.178 e. The Kier molecular flexibility index (Phi) is 5.35. The van der Waals surface area contributed by atoms with Crippen LogP contribution in [-0.2, 0) is 6.54 Å². The standard InChI is InChI=1S/C26H22FN7S/c1-3-28-11-15-10-16(13-29-12-15)17-5-6-19-21(22(17)27)24(34-33-19)26-31-23-18(8-9-30-25(23)32-26)20-7-4-14(2)35-20/h4-10,12-13,28H,3,11H2,1-2H3,(H,33,34)(H,30,31,32). The molecule has 7 nitrogen and oxygen atoms in total. The monoisotopic (exact) mass is 483 g/mol. The highest BCUT2D eigenvalue weighted by Crippen LogP contribution is 2.36. The summed E-state index contributed by atoms with van der Waals surface area (Å²) < 4.78 is 16.0. The van der Waals surface area contributed by atoms with Crippen LogP contribution in [-0.4, -0.2) is 36.7 Å². The molecule has 0 saturated heterocycles. The Bertz CT molecular complexity index is 1680. The van der Waals surface area contributed by atoms with E-state index in [0.29, 0.717) is 45.7 Å². The van der Waals surface area contributed by atoms with Gasteiger partial charge >= 0.3 is 0 Å². The summed E-state index contributed by atoms with van der Waals surface area (Å²) in [6, 6.07) is 11.7. The van der Waals surface area contributed by atoms with Gasteiger partial charge in [0, 0.05) is 51.6 Å². The maximum Gasteiger partial charge on any atom is 0.178 e. The zero-order chi connectivity index (χ0) is 23.9. The molecule has 9 heteroatoms. The first-order valence-electron chi connectivity index (χ1n) is 11.4. The van der Waals surface area contributed by atoms with Crippen molar-refractivity contribution >= 4 is 33.4 Å². The lowest BCUT2D eigenvalue weighted by molar-refractivity contribution is 0.643. The van der Waals surface area contributed by atoms with E-state index in [1.54, 1.807) is 36.0 Å². The molecule has 6 aromatic rings. The van der Waals surface area contributed by atoms with Crippen LogP contribution in [0.5, 0.6) is 0 Å². The highest BCUT2D eigenvalue weighted by molar-refractivity contribution is 7.15. The van der Waals surface area contributed by atoms with E-state index >= 15 is 4.39 Å². The third-order valence-electron chi connectivity index (χ3n) is 5.97. The van der Waals surface area contributed by atoms with Gasteiger partial charge in [-0.15, -0.1) is 11.3 Å². The summed E-state index contributed by atoms with van der Waals surface area (Å²) in [6.07, 6.45) is 5.21. The third kappa shape index (κ3) is 3.78. The minimum Gasteiger partial charge on any atom is -0.335 e. The van der Waals surface area contributed by atoms with Crippen LogP contribution in [0.3, 0.4) is 0 Å². The van der Waals surface area contributed by atoms with Crippen LogP contribution in [0.2, 0.25) is 0 Å². The number of H-pyrrole nitrogens is 2. The van der Waals surface area contributed by atoms with Crippen LogP contribution < -0.4 is 5.32 Å². The van der Waals surface area contributed by atoms with Crippen molar-refractivity contribution < 1.29 is 4.39 Å². The van der Waals surface area contributed by atoms with E-state index in [-0.39, 0.29) is 5.82 Å². The molecule has 174 valence electrons. The Labute approximate surface area is 204 Å². The Morgan fingerprint density at radius 1 is 1.09 bits per heavy atom. The van der Waals surface area contributed by atoms with Crippen LogP contribution in [0.25, 0.3) is 55.2 Å². The van der Waals surface area contributed by atoms with Gasteiger partial charge in [-0.25, -0.2) is 14.4 Å². The van der Waals surface area contributed by atoms with Gasteiger partial charge in [-0.3, -0.25) is 10.1 Å². The highest BCUT2D eigenvalue weighted by atomic mass is 32.1. The number of thiophene rings is 1. The number of aryl methyl sites for hydroxylation is 1. The van der Waals surface area contributed by atoms with Crippen LogP contribution in [0.4, 0.5) is 4.39 Å². The van der Waals surface area contributed by atoms with Crippen molar-refractivity contribution in [3.8, 4) is 33.1 Å². The number of fused-ring (bicyclic) bond motifs is 2. The lowest BCUT2D eigenvalue weighted by Gasteiger charge is -2.07. The van der Waals surface area contributed by atoms with Gasteiger partial charge in [0.1, 0.15) is 11.5 Å². The number of benzene rings is 1. The summed E-state index contributed by atoms with van der Waals surface area (Å²) in [6.45, 7) is 5.65. The summed E-state index contributed by atoms with van der Waals surface area (Å²) in [4.78, 5) is 19.1. The molecule has 0 atom stereocenters. The summed E-state index contributed by atoms with van der Waals surface area (Å²) in [5.74, 6) is 0.103. The fraction of sp³-hybridized carbons (Fsp3) is 0.154. The van der Waals surface area contributed by atoms with Gasteiger partial charge in [-0.05, 0) is 55.4 Å². The molecule has 35 heavy (non-hydrogen) atoms. The molecule has 5 heterocycles. The second-order valence-electron chi connectivity index (χ2n) is 8.34. The van der Waals surface area contributed by atoms with Gasteiger partial charge in [0.15, 0.2) is 11.5 Å². The fourth-order valence-corrected chi connectivity index (χ4v) is 5.17. The zero-order valence-electron chi connectivity index (χ0n) is 19.2. The number of hydrogen-bond donors (Lipinski definition) is 3. The van der Waals surface area contributed by atoms with Crippen molar-refractivity contribution in [2.24, 2.45) is 0 Å². The Hall–Kier alpha value is -3.95. The number of aromatic amines is 2. The predicted molar refractivity (Wildman–Crippen MR) is 138 cm³/mol. The van der Waals surface area contributed by atoms with Crippen LogP contribution in [0, 0.1) is 12.7 Å². The fourth-order valence-electron chi connectivity index (χ4n) is 4.28. The van der Waals surface area contributed by atoms with Gasteiger partial charge in [-0.1, -0.05) is 6.92 Å². The van der Waals surface area contributed by atoms with Gasteiger partial charge in [0.05, 0.1) is 16.4 Å². The first-order valence-corrected chi connectivity index (χ1v) is 12.2. The minimum absolute atomic E-state index is 0.365. The number of nitrogens with zero attached hydrogens (tertiary/aromatic N) is 4. The lowest BCUT2D eigenvalue weighted by Crippen LogP contribution is -2.11. The topological polar surface area (TPSA) is 95.2 Å². The molecule has 5 aromatic heterocycles. The Morgan fingerprint density at radius 3 is 2.83 bits per heavy atom. The minimum atomic E-state index is -0.365. The van der Waals surface area contributed by atoms with Crippen LogP contribution in [0.15, 0.2) is 55.0 Å². The molecule has 0 bridgehead atoms. The average molecular weight is 484 g/mol. The number of pyridine rings is 2. The van der Waals surface area contributed by atoms with E-state index in [9.17, 15) is 0 Å². The summed E-state index contributed by atoms with van der Waals surface area (Å²) in [7, 11) is 0. The SMILES string of the molecule is CCNCc1cncc(-c2ccc3[nH]nc(-c4nc5nccc(-c6ccc(C)s6)c5[nH]4)c3c2F)c1. The van der Waals surface area contributed by atoms with Gasteiger partial charge in [0.2, 0.25) is 0 Å². The van der Waals surface area contributed by atoms with Gasteiger partial charge in [-0.2, -0.15) is 5.10 Å². The predicted octanol–water partition coefficient (Wildman–Crippen LogP) is 5.85. The molecule has 6 rings (SSSR count). The number of imidazole rings is 1. The van der Waals surface area contributed by atoms with E-state index in [1.165, 1.54) is 4.88 Å². The van der Waals surface area contributed by atoms with Gasteiger partial charge < -0.3 is 10.3 Å². The number of aromatic nitrogens is 6. The van der Waals surface area contributed by atoms with Crippen LogP contribution in [0.1, 0.15) is 17.4 Å². The van der Waals surface area contributed by atoms with E-state index in [1.807, 2.05) is 25.1 Å². The van der Waals surface area contributed by atoms with Crippen molar-refractivity contribution in [3.05, 3.63) is 71.2 Å². The average Bonchev–Trinajstić information content (AvgIpc) is 3.60. The molecule has 0 aliphatic carbocycles. The molecular weight excluding hydrogens is 461 g/mol. The number of rotatable bonds is 6. The lowest BCUT2D eigenvalue weighted by atomic mass is 10.0. The molecule has 0 spiro atoms. The highest BCUT2D eigenvalue weighted by Gasteiger charge is 2.21.